The number of halogens is 2. The molecule has 1 heterocycles. The van der Waals surface area contributed by atoms with Crippen LogP contribution in [0.4, 0.5) is 0 Å². The highest BCUT2D eigenvalue weighted by molar-refractivity contribution is 9.09. The molecule has 1 saturated heterocycles. The second kappa shape index (κ2) is 6.40. The van der Waals surface area contributed by atoms with Crippen LogP contribution in [0.15, 0.2) is 0 Å². The first-order valence-corrected chi connectivity index (χ1v) is 4.92. The Morgan fingerprint density at radius 2 is 1.73 bits per heavy atom. The Bertz CT molecular complexity index is 92.4. The van der Waals surface area contributed by atoms with Crippen molar-refractivity contribution in [2.24, 2.45) is 0 Å². The molecule has 0 unspecified atom stereocenters. The molecular formula is C7H16Br2N2. The van der Waals surface area contributed by atoms with Crippen LogP contribution in [-0.2, 0) is 0 Å². The van der Waals surface area contributed by atoms with Crippen LogP contribution in [0.25, 0.3) is 0 Å². The van der Waals surface area contributed by atoms with Crippen LogP contribution < -0.4 is 0 Å². The molecule has 68 valence electrons. The highest BCUT2D eigenvalue weighted by Crippen LogP contribution is 1.98. The molecule has 0 radical (unpaired) electrons. The predicted molar refractivity (Wildman–Crippen MR) is 58.1 cm³/mol. The van der Waals surface area contributed by atoms with Gasteiger partial charge >= 0.3 is 0 Å². The average molecular weight is 288 g/mol. The van der Waals surface area contributed by atoms with Gasteiger partial charge in [0.1, 0.15) is 0 Å². The molecule has 11 heavy (non-hydrogen) atoms. The van der Waals surface area contributed by atoms with Crippen molar-refractivity contribution in [1.29, 1.82) is 0 Å². The van der Waals surface area contributed by atoms with E-state index in [9.17, 15) is 0 Å². The Balaban J connectivity index is 0.000001000. The fraction of sp³-hybridized carbons (Fsp3) is 1.00. The third-order valence-corrected chi connectivity index (χ3v) is 2.35. The zero-order valence-corrected chi connectivity index (χ0v) is 10.2. The molecule has 0 aromatic carbocycles. The molecular weight excluding hydrogens is 272 g/mol. The Morgan fingerprint density at radius 3 is 2.18 bits per heavy atom. The highest BCUT2D eigenvalue weighted by atomic mass is 79.9. The number of nitrogens with zero attached hydrogens (tertiary/aromatic N) is 2. The van der Waals surface area contributed by atoms with Crippen LogP contribution >= 0.6 is 32.9 Å². The van der Waals surface area contributed by atoms with E-state index in [2.05, 4.69) is 32.8 Å². The van der Waals surface area contributed by atoms with Crippen molar-refractivity contribution in [3.63, 3.8) is 0 Å². The summed E-state index contributed by atoms with van der Waals surface area (Å²) in [6.45, 7) is 6.14. The second-order valence-corrected chi connectivity index (χ2v) is 3.63. The quantitative estimate of drug-likeness (QED) is 0.705. The molecule has 1 fully saturated rings. The van der Waals surface area contributed by atoms with Crippen LogP contribution in [0, 0.1) is 0 Å². The Hall–Kier alpha value is 0.880. The van der Waals surface area contributed by atoms with E-state index in [4.69, 9.17) is 0 Å². The summed E-state index contributed by atoms with van der Waals surface area (Å²) in [5.74, 6) is 0. The number of alkyl halides is 1. The minimum Gasteiger partial charge on any atom is -0.304 e. The molecule has 0 aliphatic carbocycles. The van der Waals surface area contributed by atoms with Crippen molar-refractivity contribution in [1.82, 2.24) is 9.80 Å². The molecule has 0 aromatic heterocycles. The maximum Gasteiger partial charge on any atom is 0.0159 e. The third kappa shape index (κ3) is 4.45. The van der Waals surface area contributed by atoms with Gasteiger partial charge < -0.3 is 4.90 Å². The van der Waals surface area contributed by atoms with Crippen LogP contribution in [0.5, 0.6) is 0 Å². The molecule has 2 nitrogen and oxygen atoms in total. The number of hydrogen-bond donors (Lipinski definition) is 0. The van der Waals surface area contributed by atoms with Crippen molar-refractivity contribution < 1.29 is 0 Å². The zero-order chi connectivity index (χ0) is 7.40. The Morgan fingerprint density at radius 1 is 1.18 bits per heavy atom. The maximum atomic E-state index is 3.44. The van der Waals surface area contributed by atoms with Gasteiger partial charge in [0.15, 0.2) is 0 Å². The smallest absolute Gasteiger partial charge is 0.0159 e. The normalized spacial score (nSPS) is 21.3. The lowest BCUT2D eigenvalue weighted by atomic mass is 10.3. The molecule has 0 amide bonds. The van der Waals surface area contributed by atoms with E-state index >= 15 is 0 Å². The third-order valence-electron chi connectivity index (χ3n) is 2.00. The Kier molecular flexibility index (Phi) is 6.91. The van der Waals surface area contributed by atoms with Gasteiger partial charge in [-0.25, -0.2) is 0 Å². The fourth-order valence-electron chi connectivity index (χ4n) is 1.19. The Labute approximate surface area is 87.8 Å². The summed E-state index contributed by atoms with van der Waals surface area (Å²) in [6.07, 6.45) is 0. The minimum atomic E-state index is 0. The van der Waals surface area contributed by atoms with E-state index in [-0.39, 0.29) is 17.0 Å². The predicted octanol–water partition coefficient (Wildman–Crippen LogP) is 1.21. The monoisotopic (exact) mass is 286 g/mol. The van der Waals surface area contributed by atoms with E-state index in [0.717, 1.165) is 5.33 Å². The average Bonchev–Trinajstić information content (AvgIpc) is 1.95. The van der Waals surface area contributed by atoms with Crippen LogP contribution in [0.2, 0.25) is 0 Å². The summed E-state index contributed by atoms with van der Waals surface area (Å²) in [6, 6.07) is 0. The number of piperazine rings is 1. The van der Waals surface area contributed by atoms with Gasteiger partial charge in [0.2, 0.25) is 0 Å². The summed E-state index contributed by atoms with van der Waals surface area (Å²) in [5.41, 5.74) is 0. The van der Waals surface area contributed by atoms with Crippen molar-refractivity contribution in [3.05, 3.63) is 0 Å². The lowest BCUT2D eigenvalue weighted by molar-refractivity contribution is 0.161. The van der Waals surface area contributed by atoms with Crippen LogP contribution in [0.3, 0.4) is 0 Å². The van der Waals surface area contributed by atoms with Crippen molar-refractivity contribution in [2.75, 3.05) is 45.1 Å². The molecule has 4 heteroatoms. The molecule has 0 bridgehead atoms. The lowest BCUT2D eigenvalue weighted by Crippen LogP contribution is -2.44. The van der Waals surface area contributed by atoms with E-state index in [1.807, 2.05) is 0 Å². The van der Waals surface area contributed by atoms with Crippen molar-refractivity contribution in [3.8, 4) is 0 Å². The minimum absolute atomic E-state index is 0. The molecule has 0 atom stereocenters. The van der Waals surface area contributed by atoms with Crippen molar-refractivity contribution >= 4 is 32.9 Å². The molecule has 0 spiro atoms. The molecule has 1 aliphatic rings. The number of rotatable bonds is 2. The second-order valence-electron chi connectivity index (χ2n) is 2.83. The standard InChI is InChI=1S/C7H15BrN2.BrH/c1-9-4-6-10(3-2-8)7-5-9;/h2-7H2,1H3;1H. The van der Waals surface area contributed by atoms with E-state index in [0.29, 0.717) is 0 Å². The number of likely N-dealkylation sites (N-methyl/N-ethyl adjacent to an activating group) is 1. The van der Waals surface area contributed by atoms with Gasteiger partial charge in [-0.3, -0.25) is 4.90 Å². The number of hydrogen-bond acceptors (Lipinski definition) is 2. The van der Waals surface area contributed by atoms with Gasteiger partial charge in [0, 0.05) is 38.1 Å². The van der Waals surface area contributed by atoms with Crippen molar-refractivity contribution in [2.45, 2.75) is 0 Å². The molecule has 1 rings (SSSR count). The molecule has 1 aliphatic heterocycles. The first-order valence-electron chi connectivity index (χ1n) is 3.80. The van der Waals surface area contributed by atoms with E-state index < -0.39 is 0 Å². The fourth-order valence-corrected chi connectivity index (χ4v) is 1.69. The summed E-state index contributed by atoms with van der Waals surface area (Å²) in [5, 5.41) is 1.11. The van der Waals surface area contributed by atoms with Gasteiger partial charge in [0.05, 0.1) is 0 Å². The first-order chi connectivity index (χ1) is 4.83. The molecule has 0 N–H and O–H groups in total. The topological polar surface area (TPSA) is 6.48 Å². The lowest BCUT2D eigenvalue weighted by Gasteiger charge is -2.31. The van der Waals surface area contributed by atoms with Gasteiger partial charge in [-0.2, -0.15) is 0 Å². The van der Waals surface area contributed by atoms with Gasteiger partial charge in [-0.1, -0.05) is 15.9 Å². The SMILES string of the molecule is Br.CN1CCN(CCBr)CC1. The van der Waals surface area contributed by atoms with E-state index in [1.165, 1.54) is 32.7 Å². The molecule has 0 aromatic rings. The van der Waals surface area contributed by atoms with Crippen LogP contribution in [-0.4, -0.2) is 54.9 Å². The van der Waals surface area contributed by atoms with Gasteiger partial charge in [-0.15, -0.1) is 17.0 Å². The molecule has 0 saturated carbocycles. The summed E-state index contributed by atoms with van der Waals surface area (Å²) in [7, 11) is 2.19. The maximum absolute atomic E-state index is 3.44. The largest absolute Gasteiger partial charge is 0.304 e. The first kappa shape index (κ1) is 11.9. The highest BCUT2D eigenvalue weighted by Gasteiger charge is 2.11. The summed E-state index contributed by atoms with van der Waals surface area (Å²) in [4.78, 5) is 4.87. The van der Waals surface area contributed by atoms with Crippen LogP contribution in [0.1, 0.15) is 0 Å². The summed E-state index contributed by atoms with van der Waals surface area (Å²) >= 11 is 3.44. The summed E-state index contributed by atoms with van der Waals surface area (Å²) < 4.78 is 0. The zero-order valence-electron chi connectivity index (χ0n) is 6.92. The van der Waals surface area contributed by atoms with Gasteiger partial charge in [0.25, 0.3) is 0 Å². The van der Waals surface area contributed by atoms with Gasteiger partial charge in [-0.05, 0) is 7.05 Å². The van der Waals surface area contributed by atoms with E-state index in [1.54, 1.807) is 0 Å².